The average Bonchev–Trinajstić information content (AvgIpc) is 3.26. The number of ether oxygens (including phenoxy) is 1. The first-order chi connectivity index (χ1) is 15.3. The molecule has 1 N–H and O–H groups in total. The standard InChI is InChI=1S/C25H26N2O5/c1-14-21(12-11-19-18-9-6-10-20(18)25(30)32-22(14)19)31-15(2)23(28)26-17-8-5-7-16(13-17)24(29)27(3)4/h5,7-8,11-13,15H,6,9-10H2,1-4H3,(H,26,28). The molecule has 0 bridgehead atoms. The predicted octanol–water partition coefficient (Wildman–Crippen LogP) is 3.70. The van der Waals surface area contributed by atoms with E-state index in [0.29, 0.717) is 28.1 Å². The van der Waals surface area contributed by atoms with E-state index in [1.807, 2.05) is 19.1 Å². The number of amides is 2. The molecule has 32 heavy (non-hydrogen) atoms. The van der Waals surface area contributed by atoms with Gasteiger partial charge in [0, 0.05) is 41.9 Å². The minimum Gasteiger partial charge on any atom is -0.480 e. The molecule has 7 heteroatoms. The van der Waals surface area contributed by atoms with Crippen molar-refractivity contribution in [2.75, 3.05) is 19.4 Å². The maximum Gasteiger partial charge on any atom is 0.339 e. The Morgan fingerprint density at radius 1 is 1.12 bits per heavy atom. The zero-order valence-electron chi connectivity index (χ0n) is 18.7. The van der Waals surface area contributed by atoms with Crippen molar-refractivity contribution < 1.29 is 18.7 Å². The SMILES string of the molecule is Cc1c(OC(C)C(=O)Nc2cccc(C(=O)N(C)C)c2)ccc2c3c(c(=O)oc12)CCC3. The molecular formula is C25H26N2O5. The lowest BCUT2D eigenvalue weighted by atomic mass is 10.0. The third-order valence-electron chi connectivity index (χ3n) is 5.80. The van der Waals surface area contributed by atoms with E-state index in [4.69, 9.17) is 9.15 Å². The van der Waals surface area contributed by atoms with Crippen LogP contribution >= 0.6 is 0 Å². The van der Waals surface area contributed by atoms with Crippen molar-refractivity contribution in [2.45, 2.75) is 39.2 Å². The third kappa shape index (κ3) is 3.98. The first-order valence-corrected chi connectivity index (χ1v) is 10.6. The third-order valence-corrected chi connectivity index (χ3v) is 5.80. The lowest BCUT2D eigenvalue weighted by Gasteiger charge is -2.18. The summed E-state index contributed by atoms with van der Waals surface area (Å²) >= 11 is 0. The monoisotopic (exact) mass is 434 g/mol. The Hall–Kier alpha value is -3.61. The number of carbonyl (C=O) groups excluding carboxylic acids is 2. The normalized spacial score (nSPS) is 13.5. The highest BCUT2D eigenvalue weighted by Gasteiger charge is 2.23. The van der Waals surface area contributed by atoms with E-state index < -0.39 is 6.10 Å². The number of nitrogens with one attached hydrogen (secondary N) is 1. The Bertz CT molecular complexity index is 1280. The summed E-state index contributed by atoms with van der Waals surface area (Å²) in [5, 5.41) is 3.72. The Morgan fingerprint density at radius 3 is 2.62 bits per heavy atom. The summed E-state index contributed by atoms with van der Waals surface area (Å²) in [6.07, 6.45) is 1.77. The first kappa shape index (κ1) is 21.6. The molecule has 0 fully saturated rings. The molecular weight excluding hydrogens is 408 g/mol. The van der Waals surface area contributed by atoms with Crippen LogP contribution in [0.5, 0.6) is 5.75 Å². The summed E-state index contributed by atoms with van der Waals surface area (Å²) in [5.74, 6) is -0.0164. The number of aryl methyl sites for hydroxylation is 2. The second-order valence-corrected chi connectivity index (χ2v) is 8.30. The van der Waals surface area contributed by atoms with Crippen LogP contribution in [0, 0.1) is 6.92 Å². The van der Waals surface area contributed by atoms with Gasteiger partial charge >= 0.3 is 5.63 Å². The number of benzene rings is 2. The van der Waals surface area contributed by atoms with Gasteiger partial charge in [-0.1, -0.05) is 6.07 Å². The fraction of sp³-hybridized carbons (Fsp3) is 0.320. The molecule has 0 saturated carbocycles. The molecule has 0 radical (unpaired) electrons. The lowest BCUT2D eigenvalue weighted by molar-refractivity contribution is -0.122. The summed E-state index contributed by atoms with van der Waals surface area (Å²) in [6.45, 7) is 3.47. The van der Waals surface area contributed by atoms with Crippen molar-refractivity contribution in [2.24, 2.45) is 0 Å². The fourth-order valence-electron chi connectivity index (χ4n) is 4.07. The summed E-state index contributed by atoms with van der Waals surface area (Å²) in [7, 11) is 3.34. The van der Waals surface area contributed by atoms with Gasteiger partial charge in [0.15, 0.2) is 6.10 Å². The molecule has 1 atom stereocenters. The van der Waals surface area contributed by atoms with Gasteiger partial charge in [-0.25, -0.2) is 4.79 Å². The fourth-order valence-corrected chi connectivity index (χ4v) is 4.07. The van der Waals surface area contributed by atoms with Gasteiger partial charge in [-0.15, -0.1) is 0 Å². The van der Waals surface area contributed by atoms with E-state index in [1.54, 1.807) is 45.3 Å². The van der Waals surface area contributed by atoms with Crippen LogP contribution in [0.4, 0.5) is 5.69 Å². The molecule has 1 unspecified atom stereocenters. The Labute approximate surface area is 186 Å². The molecule has 1 heterocycles. The second-order valence-electron chi connectivity index (χ2n) is 8.30. The van der Waals surface area contributed by atoms with Gasteiger partial charge in [-0.2, -0.15) is 0 Å². The highest BCUT2D eigenvalue weighted by atomic mass is 16.5. The highest BCUT2D eigenvalue weighted by Crippen LogP contribution is 2.33. The van der Waals surface area contributed by atoms with E-state index in [9.17, 15) is 14.4 Å². The molecule has 1 aromatic heterocycles. The molecule has 4 rings (SSSR count). The highest BCUT2D eigenvalue weighted by molar-refractivity contribution is 5.98. The maximum atomic E-state index is 12.7. The largest absolute Gasteiger partial charge is 0.480 e. The van der Waals surface area contributed by atoms with Gasteiger partial charge in [0.25, 0.3) is 11.8 Å². The van der Waals surface area contributed by atoms with Crippen molar-refractivity contribution in [1.82, 2.24) is 4.90 Å². The van der Waals surface area contributed by atoms with Crippen LogP contribution in [-0.4, -0.2) is 36.9 Å². The van der Waals surface area contributed by atoms with Crippen LogP contribution < -0.4 is 15.7 Å². The summed E-state index contributed by atoms with van der Waals surface area (Å²) in [5.41, 5.74) is 3.73. The van der Waals surface area contributed by atoms with Crippen molar-refractivity contribution in [3.63, 3.8) is 0 Å². The van der Waals surface area contributed by atoms with Crippen molar-refractivity contribution in [3.8, 4) is 5.75 Å². The van der Waals surface area contributed by atoms with Crippen LogP contribution in [0.25, 0.3) is 11.0 Å². The van der Waals surface area contributed by atoms with Crippen LogP contribution in [0.1, 0.15) is 40.4 Å². The van der Waals surface area contributed by atoms with Crippen molar-refractivity contribution >= 4 is 28.5 Å². The van der Waals surface area contributed by atoms with E-state index in [0.717, 1.165) is 35.8 Å². The summed E-state index contributed by atoms with van der Waals surface area (Å²) in [4.78, 5) is 38.7. The number of carbonyl (C=O) groups is 2. The summed E-state index contributed by atoms with van der Waals surface area (Å²) < 4.78 is 11.5. The molecule has 0 saturated heterocycles. The number of hydrogen-bond donors (Lipinski definition) is 1. The molecule has 0 spiro atoms. The van der Waals surface area contributed by atoms with E-state index in [1.165, 1.54) is 4.90 Å². The van der Waals surface area contributed by atoms with Gasteiger partial charge in [0.05, 0.1) is 0 Å². The van der Waals surface area contributed by atoms with Gasteiger partial charge in [-0.3, -0.25) is 9.59 Å². The zero-order chi connectivity index (χ0) is 23.0. The second kappa shape index (κ2) is 8.49. The molecule has 3 aromatic rings. The molecule has 2 aromatic carbocycles. The van der Waals surface area contributed by atoms with E-state index >= 15 is 0 Å². The van der Waals surface area contributed by atoms with Crippen molar-refractivity contribution in [1.29, 1.82) is 0 Å². The van der Waals surface area contributed by atoms with Gasteiger partial charge in [-0.05, 0) is 69.0 Å². The Balaban J connectivity index is 1.53. The van der Waals surface area contributed by atoms with E-state index in [2.05, 4.69) is 5.32 Å². The molecule has 0 aliphatic heterocycles. The number of nitrogens with zero attached hydrogens (tertiary/aromatic N) is 1. The molecule has 166 valence electrons. The topological polar surface area (TPSA) is 88.9 Å². The predicted molar refractivity (Wildman–Crippen MR) is 122 cm³/mol. The molecule has 7 nitrogen and oxygen atoms in total. The number of rotatable bonds is 5. The van der Waals surface area contributed by atoms with Gasteiger partial charge in [0.2, 0.25) is 0 Å². The number of fused-ring (bicyclic) bond motifs is 3. The number of hydrogen-bond acceptors (Lipinski definition) is 5. The lowest BCUT2D eigenvalue weighted by Crippen LogP contribution is -2.30. The summed E-state index contributed by atoms with van der Waals surface area (Å²) in [6, 6.07) is 10.5. The first-order valence-electron chi connectivity index (χ1n) is 10.6. The molecule has 2 amide bonds. The van der Waals surface area contributed by atoms with Gasteiger partial charge in [0.1, 0.15) is 11.3 Å². The zero-order valence-corrected chi connectivity index (χ0v) is 18.7. The Kier molecular flexibility index (Phi) is 5.74. The van der Waals surface area contributed by atoms with Crippen LogP contribution in [0.3, 0.4) is 0 Å². The van der Waals surface area contributed by atoms with Crippen LogP contribution in [0.2, 0.25) is 0 Å². The van der Waals surface area contributed by atoms with Gasteiger partial charge < -0.3 is 19.4 Å². The molecule has 1 aliphatic rings. The number of anilines is 1. The minimum absolute atomic E-state index is 0.148. The maximum absolute atomic E-state index is 12.7. The van der Waals surface area contributed by atoms with Crippen LogP contribution in [0.15, 0.2) is 45.6 Å². The molecule has 1 aliphatic carbocycles. The average molecular weight is 434 g/mol. The quantitative estimate of drug-likeness (QED) is 0.619. The van der Waals surface area contributed by atoms with Crippen LogP contribution in [-0.2, 0) is 17.6 Å². The Morgan fingerprint density at radius 2 is 1.88 bits per heavy atom. The van der Waals surface area contributed by atoms with Crippen molar-refractivity contribution in [3.05, 3.63) is 69.1 Å². The van der Waals surface area contributed by atoms with E-state index in [-0.39, 0.29) is 17.4 Å². The smallest absolute Gasteiger partial charge is 0.339 e. The minimum atomic E-state index is -0.805.